The molecule has 7 nitrogen and oxygen atoms in total. The average Bonchev–Trinajstić information content (AvgIpc) is 3.23. The maximum absolute atomic E-state index is 12.0. The minimum Gasteiger partial charge on any atom is -0.401 e. The van der Waals surface area contributed by atoms with Gasteiger partial charge in [0.1, 0.15) is 5.69 Å². The number of nitrogens with zero attached hydrogens (tertiary/aromatic N) is 4. The number of carbonyl (C=O) groups is 1. The van der Waals surface area contributed by atoms with Crippen LogP contribution in [0.2, 0.25) is 5.02 Å². The monoisotopic (exact) mass is 377 g/mol. The molecule has 0 aliphatic heterocycles. The van der Waals surface area contributed by atoms with Gasteiger partial charge in [-0.05, 0) is 44.2 Å². The molecule has 0 aliphatic carbocycles. The normalized spacial score (nSPS) is 11.0. The largest absolute Gasteiger partial charge is 0.401 e. The van der Waals surface area contributed by atoms with Crippen molar-refractivity contribution in [1.82, 2.24) is 20.0 Å². The fraction of sp³-hybridized carbons (Fsp3) is 0.250. The highest BCUT2D eigenvalue weighted by Gasteiger charge is 2.14. The molecule has 0 fully saturated rings. The molecule has 3 rings (SSSR count). The van der Waals surface area contributed by atoms with Crippen molar-refractivity contribution in [2.45, 2.75) is 24.8 Å². The minimum atomic E-state index is -0.233. The SMILES string of the molecule is CC(C)n1ccc(-c2nnc(NC(=O)CSc3ccc(Cl)cc3)o2)n1. The van der Waals surface area contributed by atoms with Crippen LogP contribution in [-0.4, -0.2) is 31.6 Å². The van der Waals surface area contributed by atoms with Crippen molar-refractivity contribution in [2.75, 3.05) is 11.1 Å². The molecule has 130 valence electrons. The molecule has 0 saturated heterocycles. The molecule has 0 unspecified atom stereocenters. The number of anilines is 1. The van der Waals surface area contributed by atoms with Gasteiger partial charge in [-0.1, -0.05) is 16.7 Å². The van der Waals surface area contributed by atoms with E-state index in [1.165, 1.54) is 11.8 Å². The summed E-state index contributed by atoms with van der Waals surface area (Å²) >= 11 is 7.22. The van der Waals surface area contributed by atoms with E-state index in [9.17, 15) is 4.79 Å². The van der Waals surface area contributed by atoms with Crippen LogP contribution in [-0.2, 0) is 4.79 Å². The van der Waals surface area contributed by atoms with Crippen molar-refractivity contribution in [3.8, 4) is 11.6 Å². The molecule has 3 aromatic rings. The van der Waals surface area contributed by atoms with E-state index in [2.05, 4.69) is 20.6 Å². The lowest BCUT2D eigenvalue weighted by Gasteiger charge is -2.02. The topological polar surface area (TPSA) is 85.8 Å². The molecular weight excluding hydrogens is 362 g/mol. The minimum absolute atomic E-state index is 0.0517. The Kier molecular flexibility index (Phi) is 5.40. The summed E-state index contributed by atoms with van der Waals surface area (Å²) in [5.74, 6) is 0.254. The van der Waals surface area contributed by atoms with E-state index in [0.29, 0.717) is 10.7 Å². The first kappa shape index (κ1) is 17.5. The van der Waals surface area contributed by atoms with E-state index in [-0.39, 0.29) is 29.6 Å². The van der Waals surface area contributed by atoms with Gasteiger partial charge in [0.25, 0.3) is 5.89 Å². The third-order valence-corrected chi connectivity index (χ3v) is 4.48. The van der Waals surface area contributed by atoms with Gasteiger partial charge in [0.05, 0.1) is 5.75 Å². The number of rotatable bonds is 6. The Bertz CT molecular complexity index is 860. The molecule has 0 radical (unpaired) electrons. The highest BCUT2D eigenvalue weighted by molar-refractivity contribution is 8.00. The number of nitrogens with one attached hydrogen (secondary N) is 1. The number of hydrogen-bond donors (Lipinski definition) is 1. The lowest BCUT2D eigenvalue weighted by molar-refractivity contribution is -0.113. The third-order valence-electron chi connectivity index (χ3n) is 3.21. The Morgan fingerprint density at radius 1 is 1.28 bits per heavy atom. The van der Waals surface area contributed by atoms with Gasteiger partial charge in [-0.2, -0.15) is 5.10 Å². The van der Waals surface area contributed by atoms with Gasteiger partial charge in [-0.15, -0.1) is 16.9 Å². The molecule has 1 N–H and O–H groups in total. The van der Waals surface area contributed by atoms with Crippen LogP contribution < -0.4 is 5.32 Å². The van der Waals surface area contributed by atoms with Crippen molar-refractivity contribution in [3.05, 3.63) is 41.6 Å². The van der Waals surface area contributed by atoms with Gasteiger partial charge >= 0.3 is 6.01 Å². The van der Waals surface area contributed by atoms with Crippen molar-refractivity contribution in [1.29, 1.82) is 0 Å². The smallest absolute Gasteiger partial charge is 0.322 e. The van der Waals surface area contributed by atoms with Gasteiger partial charge in [0.15, 0.2) is 0 Å². The van der Waals surface area contributed by atoms with Gasteiger partial charge in [-0.3, -0.25) is 14.8 Å². The lowest BCUT2D eigenvalue weighted by Crippen LogP contribution is -2.14. The zero-order valence-corrected chi connectivity index (χ0v) is 15.2. The van der Waals surface area contributed by atoms with E-state index in [0.717, 1.165) is 4.90 Å². The molecule has 2 aromatic heterocycles. The van der Waals surface area contributed by atoms with Crippen LogP contribution in [0.15, 0.2) is 45.8 Å². The Labute approximate surface area is 153 Å². The number of aromatic nitrogens is 4. The predicted octanol–water partition coefficient (Wildman–Crippen LogP) is 3.90. The Morgan fingerprint density at radius 3 is 2.72 bits per heavy atom. The Balaban J connectivity index is 1.56. The fourth-order valence-corrected chi connectivity index (χ4v) is 2.78. The molecule has 1 amide bonds. The first-order chi connectivity index (χ1) is 12.0. The zero-order chi connectivity index (χ0) is 17.8. The summed E-state index contributed by atoms with van der Waals surface area (Å²) in [6, 6.07) is 9.35. The number of halogens is 1. The van der Waals surface area contributed by atoms with E-state index >= 15 is 0 Å². The summed E-state index contributed by atoms with van der Waals surface area (Å²) in [5, 5.41) is 15.3. The fourth-order valence-electron chi connectivity index (χ4n) is 1.95. The summed E-state index contributed by atoms with van der Waals surface area (Å²) in [6.07, 6.45) is 1.84. The zero-order valence-electron chi connectivity index (χ0n) is 13.6. The maximum atomic E-state index is 12.0. The highest BCUT2D eigenvalue weighted by Crippen LogP contribution is 2.21. The van der Waals surface area contributed by atoms with Crippen LogP contribution in [0.5, 0.6) is 0 Å². The van der Waals surface area contributed by atoms with Crippen LogP contribution in [0.4, 0.5) is 6.01 Å². The average molecular weight is 378 g/mol. The van der Waals surface area contributed by atoms with E-state index < -0.39 is 0 Å². The number of amides is 1. The van der Waals surface area contributed by atoms with E-state index in [1.807, 2.05) is 32.2 Å². The molecule has 0 saturated carbocycles. The third kappa shape index (κ3) is 4.61. The molecule has 1 aromatic carbocycles. The van der Waals surface area contributed by atoms with Crippen LogP contribution in [0, 0.1) is 0 Å². The standard InChI is InChI=1S/C16H16ClN5O2S/c1-10(2)22-8-7-13(21-22)15-19-20-16(24-15)18-14(23)9-25-12-5-3-11(17)4-6-12/h3-8,10H,9H2,1-2H3,(H,18,20,23). The number of carbonyl (C=O) groups excluding carboxylic acids is 1. The lowest BCUT2D eigenvalue weighted by atomic mass is 10.4. The van der Waals surface area contributed by atoms with E-state index in [4.69, 9.17) is 16.0 Å². The summed E-state index contributed by atoms with van der Waals surface area (Å²) in [5.41, 5.74) is 0.567. The molecule has 25 heavy (non-hydrogen) atoms. The second-order valence-corrected chi connectivity index (χ2v) is 6.96. The first-order valence-corrected chi connectivity index (χ1v) is 8.95. The van der Waals surface area contributed by atoms with Gasteiger partial charge in [0, 0.05) is 22.2 Å². The number of thioether (sulfide) groups is 1. The maximum Gasteiger partial charge on any atom is 0.322 e. The van der Waals surface area contributed by atoms with E-state index in [1.54, 1.807) is 22.9 Å². The molecule has 0 atom stereocenters. The predicted molar refractivity (Wildman–Crippen MR) is 96.7 cm³/mol. The van der Waals surface area contributed by atoms with Gasteiger partial charge < -0.3 is 4.42 Å². The molecule has 0 aliphatic rings. The molecule has 2 heterocycles. The molecule has 9 heteroatoms. The second-order valence-electron chi connectivity index (χ2n) is 5.48. The first-order valence-electron chi connectivity index (χ1n) is 7.58. The molecule has 0 bridgehead atoms. The van der Waals surface area contributed by atoms with Crippen LogP contribution in [0.3, 0.4) is 0 Å². The summed E-state index contributed by atoms with van der Waals surface area (Å²) in [7, 11) is 0. The van der Waals surface area contributed by atoms with Crippen molar-refractivity contribution >= 4 is 35.3 Å². The van der Waals surface area contributed by atoms with Crippen LogP contribution >= 0.6 is 23.4 Å². The Hall–Kier alpha value is -2.32. The number of hydrogen-bond acceptors (Lipinski definition) is 6. The van der Waals surface area contributed by atoms with Crippen molar-refractivity contribution in [3.63, 3.8) is 0 Å². The van der Waals surface area contributed by atoms with Crippen LogP contribution in [0.1, 0.15) is 19.9 Å². The van der Waals surface area contributed by atoms with Crippen molar-refractivity contribution in [2.24, 2.45) is 0 Å². The van der Waals surface area contributed by atoms with Gasteiger partial charge in [0.2, 0.25) is 5.91 Å². The van der Waals surface area contributed by atoms with Crippen LogP contribution in [0.25, 0.3) is 11.6 Å². The Morgan fingerprint density at radius 2 is 2.04 bits per heavy atom. The van der Waals surface area contributed by atoms with Crippen molar-refractivity contribution < 1.29 is 9.21 Å². The molecular formula is C16H16ClN5O2S. The van der Waals surface area contributed by atoms with Gasteiger partial charge in [-0.25, -0.2) is 0 Å². The summed E-state index contributed by atoms with van der Waals surface area (Å²) < 4.78 is 7.24. The quantitative estimate of drug-likeness (QED) is 0.655. The molecule has 0 spiro atoms. The summed E-state index contributed by atoms with van der Waals surface area (Å²) in [4.78, 5) is 12.9. The summed E-state index contributed by atoms with van der Waals surface area (Å²) in [6.45, 7) is 4.04. The highest BCUT2D eigenvalue weighted by atomic mass is 35.5. The number of benzene rings is 1. The second kappa shape index (κ2) is 7.71.